The Morgan fingerprint density at radius 2 is 2.07 bits per heavy atom. The average Bonchev–Trinajstić information content (AvgIpc) is 3.13. The van der Waals surface area contributed by atoms with E-state index >= 15 is 0 Å². The summed E-state index contributed by atoms with van der Waals surface area (Å²) in [6.07, 6.45) is 2.40. The summed E-state index contributed by atoms with van der Waals surface area (Å²) in [5.41, 5.74) is 3.13. The molecule has 9 heteroatoms. The van der Waals surface area contributed by atoms with Crippen LogP contribution in [0.15, 0.2) is 6.33 Å². The summed E-state index contributed by atoms with van der Waals surface area (Å²) in [6.45, 7) is 9.88. The van der Waals surface area contributed by atoms with Crippen molar-refractivity contribution < 1.29 is 14.6 Å². The summed E-state index contributed by atoms with van der Waals surface area (Å²) in [7, 11) is 0. The number of hydrogen-bond donors (Lipinski definition) is 2. The molecule has 1 atom stereocenters. The molecule has 2 aliphatic rings. The zero-order chi connectivity index (χ0) is 20.9. The van der Waals surface area contributed by atoms with Gasteiger partial charge in [-0.2, -0.15) is 0 Å². The molecule has 2 N–H and O–H groups in total. The molecule has 5 rings (SSSR count). The van der Waals surface area contributed by atoms with E-state index in [2.05, 4.69) is 34.0 Å². The first-order valence-corrected chi connectivity index (χ1v) is 11.2. The molecule has 30 heavy (non-hydrogen) atoms. The third-order valence-corrected chi connectivity index (χ3v) is 6.85. The fourth-order valence-electron chi connectivity index (χ4n) is 4.21. The Morgan fingerprint density at radius 3 is 2.83 bits per heavy atom. The normalized spacial score (nSPS) is 19.8. The van der Waals surface area contributed by atoms with Crippen molar-refractivity contribution in [3.63, 3.8) is 0 Å². The molecule has 0 aliphatic carbocycles. The molecule has 3 aromatic rings. The summed E-state index contributed by atoms with van der Waals surface area (Å²) in [4.78, 5) is 17.5. The Labute approximate surface area is 179 Å². The minimum absolute atomic E-state index is 0.0384. The number of morpholine rings is 1. The molecule has 1 unspecified atom stereocenters. The van der Waals surface area contributed by atoms with Crippen LogP contribution < -0.4 is 10.2 Å². The van der Waals surface area contributed by atoms with Crippen molar-refractivity contribution in [1.29, 1.82) is 0 Å². The zero-order valence-corrected chi connectivity index (χ0v) is 18.4. The molecule has 1 saturated heterocycles. The molecular formula is C21H27N5O3S. The number of nitrogens with zero attached hydrogens (tertiary/aromatic N) is 4. The van der Waals surface area contributed by atoms with E-state index in [1.807, 2.05) is 6.92 Å². The molecule has 1 fully saturated rings. The highest BCUT2D eigenvalue weighted by Crippen LogP contribution is 2.44. The average molecular weight is 430 g/mol. The maximum absolute atomic E-state index is 9.46. The maximum Gasteiger partial charge on any atom is 0.147 e. The zero-order valence-electron chi connectivity index (χ0n) is 17.6. The van der Waals surface area contributed by atoms with Gasteiger partial charge in [0, 0.05) is 36.5 Å². The van der Waals surface area contributed by atoms with Gasteiger partial charge in [0.15, 0.2) is 0 Å². The van der Waals surface area contributed by atoms with Gasteiger partial charge in [0.05, 0.1) is 42.2 Å². The van der Waals surface area contributed by atoms with Gasteiger partial charge >= 0.3 is 0 Å². The largest absolute Gasteiger partial charge is 0.394 e. The molecular weight excluding hydrogens is 402 g/mol. The molecule has 0 spiro atoms. The molecule has 160 valence electrons. The van der Waals surface area contributed by atoms with Crippen LogP contribution >= 0.6 is 11.3 Å². The highest BCUT2D eigenvalue weighted by molar-refractivity contribution is 7.26. The summed E-state index contributed by atoms with van der Waals surface area (Å²) in [6, 6.07) is -0.0913. The molecule has 0 amide bonds. The highest BCUT2D eigenvalue weighted by Gasteiger charge is 2.33. The van der Waals surface area contributed by atoms with Gasteiger partial charge in [0.25, 0.3) is 0 Å². The lowest BCUT2D eigenvalue weighted by molar-refractivity contribution is -0.0396. The topological polar surface area (TPSA) is 92.6 Å². The molecule has 0 bridgehead atoms. The quantitative estimate of drug-likeness (QED) is 0.654. The van der Waals surface area contributed by atoms with Crippen LogP contribution in [-0.2, 0) is 22.5 Å². The summed E-state index contributed by atoms with van der Waals surface area (Å²) >= 11 is 1.61. The van der Waals surface area contributed by atoms with Crippen LogP contribution in [-0.4, -0.2) is 64.6 Å². The Bertz CT molecular complexity index is 1090. The number of anilines is 2. The fourth-order valence-corrected chi connectivity index (χ4v) is 5.31. The third kappa shape index (κ3) is 3.39. The number of hydrogen-bond acceptors (Lipinski definition) is 9. The van der Waals surface area contributed by atoms with E-state index in [4.69, 9.17) is 14.5 Å². The van der Waals surface area contributed by atoms with Gasteiger partial charge in [0.1, 0.15) is 22.8 Å². The number of thiophene rings is 1. The maximum atomic E-state index is 9.46. The lowest BCUT2D eigenvalue weighted by Gasteiger charge is -2.36. The van der Waals surface area contributed by atoms with E-state index in [-0.39, 0.29) is 18.2 Å². The Kier molecular flexibility index (Phi) is 5.01. The van der Waals surface area contributed by atoms with Crippen molar-refractivity contribution in [2.45, 2.75) is 45.4 Å². The predicted octanol–water partition coefficient (Wildman–Crippen LogP) is 2.72. The number of rotatable bonds is 4. The van der Waals surface area contributed by atoms with Crippen LogP contribution in [0.1, 0.15) is 31.9 Å². The van der Waals surface area contributed by atoms with Crippen molar-refractivity contribution >= 4 is 43.4 Å². The lowest BCUT2D eigenvalue weighted by atomic mass is 9.90. The first-order valence-electron chi connectivity index (χ1n) is 10.4. The van der Waals surface area contributed by atoms with Crippen LogP contribution in [0.5, 0.6) is 0 Å². The van der Waals surface area contributed by atoms with E-state index < -0.39 is 0 Å². The van der Waals surface area contributed by atoms with Crippen LogP contribution in [0.3, 0.4) is 0 Å². The van der Waals surface area contributed by atoms with Crippen molar-refractivity contribution in [1.82, 2.24) is 15.0 Å². The molecule has 2 aliphatic heterocycles. The Hall–Kier alpha value is -2.07. The second-order valence-electron chi connectivity index (χ2n) is 8.63. The van der Waals surface area contributed by atoms with Crippen molar-refractivity contribution in [3.05, 3.63) is 17.5 Å². The van der Waals surface area contributed by atoms with Crippen molar-refractivity contribution in [3.8, 4) is 0 Å². The number of pyridine rings is 1. The van der Waals surface area contributed by atoms with Gasteiger partial charge in [-0.05, 0) is 26.3 Å². The summed E-state index contributed by atoms with van der Waals surface area (Å²) in [5, 5.41) is 13.9. The SMILES string of the molecule is CC(CO)Nc1ncnc2c1sc1nc(N3CCOCC3)c3c(c12)CC(C)(C)OC3. The summed E-state index contributed by atoms with van der Waals surface area (Å²) in [5.74, 6) is 1.76. The Balaban J connectivity index is 1.74. The van der Waals surface area contributed by atoms with Crippen LogP contribution in [0.2, 0.25) is 0 Å². The molecule has 3 aromatic heterocycles. The lowest BCUT2D eigenvalue weighted by Crippen LogP contribution is -2.39. The molecule has 0 saturated carbocycles. The van der Waals surface area contributed by atoms with E-state index in [0.29, 0.717) is 19.8 Å². The minimum Gasteiger partial charge on any atom is -0.394 e. The van der Waals surface area contributed by atoms with E-state index in [1.54, 1.807) is 17.7 Å². The van der Waals surface area contributed by atoms with Crippen LogP contribution in [0.4, 0.5) is 11.6 Å². The highest BCUT2D eigenvalue weighted by atomic mass is 32.1. The smallest absolute Gasteiger partial charge is 0.147 e. The standard InChI is InChI=1S/C21H27N5O3S/c1-12(9-27)24-18-17-16(22-11-23-18)15-13-8-21(2,3)29-10-14(13)19(25-20(15)30-17)26-4-6-28-7-5-26/h11-12,27H,4-10H2,1-3H3,(H,22,23,24). The van der Waals surface area contributed by atoms with Crippen molar-refractivity contribution in [2.75, 3.05) is 43.1 Å². The second-order valence-corrected chi connectivity index (χ2v) is 9.63. The first kappa shape index (κ1) is 19.9. The predicted molar refractivity (Wildman–Crippen MR) is 118 cm³/mol. The first-order chi connectivity index (χ1) is 14.5. The van der Waals surface area contributed by atoms with Gasteiger partial charge < -0.3 is 24.8 Å². The van der Waals surface area contributed by atoms with Gasteiger partial charge in [-0.3, -0.25) is 0 Å². The van der Waals surface area contributed by atoms with Crippen molar-refractivity contribution in [2.24, 2.45) is 0 Å². The van der Waals surface area contributed by atoms with Gasteiger partial charge in [-0.15, -0.1) is 11.3 Å². The fraction of sp³-hybridized carbons (Fsp3) is 0.571. The molecule has 0 radical (unpaired) electrons. The second kappa shape index (κ2) is 7.56. The monoisotopic (exact) mass is 429 g/mol. The van der Waals surface area contributed by atoms with Gasteiger partial charge in [-0.1, -0.05) is 0 Å². The molecule has 5 heterocycles. The summed E-state index contributed by atoms with van der Waals surface area (Å²) < 4.78 is 12.7. The Morgan fingerprint density at radius 1 is 1.27 bits per heavy atom. The minimum atomic E-state index is -0.239. The van der Waals surface area contributed by atoms with Gasteiger partial charge in [-0.25, -0.2) is 15.0 Å². The number of ether oxygens (including phenoxy) is 2. The number of aliphatic hydroxyl groups is 1. The molecule has 0 aromatic carbocycles. The van der Waals surface area contributed by atoms with E-state index in [9.17, 15) is 5.11 Å². The van der Waals surface area contributed by atoms with Gasteiger partial charge in [0.2, 0.25) is 0 Å². The van der Waals surface area contributed by atoms with E-state index in [1.165, 1.54) is 11.1 Å². The van der Waals surface area contributed by atoms with Crippen LogP contribution in [0.25, 0.3) is 20.4 Å². The third-order valence-electron chi connectivity index (χ3n) is 5.77. The number of nitrogens with one attached hydrogen (secondary N) is 1. The number of fused-ring (bicyclic) bond motifs is 5. The number of aliphatic hydroxyl groups excluding tert-OH is 1. The molecule has 8 nitrogen and oxygen atoms in total. The van der Waals surface area contributed by atoms with Crippen LogP contribution in [0, 0.1) is 0 Å². The number of aromatic nitrogens is 3. The van der Waals surface area contributed by atoms with E-state index in [0.717, 1.165) is 51.6 Å².